The van der Waals surface area contributed by atoms with E-state index in [9.17, 15) is 9.18 Å². The second kappa shape index (κ2) is 5.44. The molecule has 0 saturated heterocycles. The van der Waals surface area contributed by atoms with E-state index in [0.717, 1.165) is 11.1 Å². The minimum atomic E-state index is -1.03. The average molecular weight is 248 g/mol. The predicted octanol–water partition coefficient (Wildman–Crippen LogP) is 2.68. The zero-order chi connectivity index (χ0) is 13.0. The zero-order valence-electron chi connectivity index (χ0n) is 9.69. The van der Waals surface area contributed by atoms with Crippen molar-refractivity contribution in [3.63, 3.8) is 0 Å². The number of hydrogen-bond donors (Lipinski definition) is 2. The molecule has 94 valence electrons. The third-order valence-electron chi connectivity index (χ3n) is 2.66. The van der Waals surface area contributed by atoms with Crippen LogP contribution in [0.5, 0.6) is 0 Å². The highest BCUT2D eigenvalue weighted by molar-refractivity contribution is 5.86. The van der Waals surface area contributed by atoms with Crippen LogP contribution in [0.25, 0.3) is 11.3 Å². The summed E-state index contributed by atoms with van der Waals surface area (Å²) in [6.45, 7) is -0.316. The Hall–Kier alpha value is -2.17. The van der Waals surface area contributed by atoms with Gasteiger partial charge in [0.25, 0.3) is 0 Å². The van der Waals surface area contributed by atoms with Crippen LogP contribution < -0.4 is 0 Å². The second-order valence-corrected chi connectivity index (χ2v) is 3.96. The van der Waals surface area contributed by atoms with Gasteiger partial charge in [0.2, 0.25) is 0 Å². The largest absolute Gasteiger partial charge is 0.477 e. The Labute approximate surface area is 103 Å². The molecule has 18 heavy (non-hydrogen) atoms. The molecule has 2 N–H and O–H groups in total. The summed E-state index contributed by atoms with van der Waals surface area (Å²) in [6.07, 6.45) is 1.22. The number of aromatic nitrogens is 2. The number of nitrogens with zero attached hydrogens (tertiary/aromatic N) is 1. The molecule has 0 amide bonds. The van der Waals surface area contributed by atoms with Crippen LogP contribution in [0.3, 0.4) is 0 Å². The van der Waals surface area contributed by atoms with Gasteiger partial charge in [-0.1, -0.05) is 24.3 Å². The molecule has 1 aromatic heterocycles. The molecule has 0 saturated carbocycles. The molecule has 0 fully saturated rings. The number of alkyl halides is 1. The van der Waals surface area contributed by atoms with Gasteiger partial charge in [-0.2, -0.15) is 5.10 Å². The van der Waals surface area contributed by atoms with Crippen molar-refractivity contribution in [1.29, 1.82) is 0 Å². The lowest BCUT2D eigenvalue weighted by Crippen LogP contribution is -1.95. The maximum atomic E-state index is 12.0. The lowest BCUT2D eigenvalue weighted by atomic mass is 10.1. The Bertz CT molecular complexity index is 534. The average Bonchev–Trinajstić information content (AvgIpc) is 2.87. The van der Waals surface area contributed by atoms with Crippen molar-refractivity contribution in [1.82, 2.24) is 10.2 Å². The second-order valence-electron chi connectivity index (χ2n) is 3.96. The summed E-state index contributed by atoms with van der Waals surface area (Å²) in [5, 5.41) is 15.2. The first-order valence-electron chi connectivity index (χ1n) is 5.64. The monoisotopic (exact) mass is 248 g/mol. The van der Waals surface area contributed by atoms with Crippen molar-refractivity contribution in [2.45, 2.75) is 12.8 Å². The van der Waals surface area contributed by atoms with Crippen LogP contribution >= 0.6 is 0 Å². The molecule has 2 rings (SSSR count). The maximum Gasteiger partial charge on any atom is 0.353 e. The normalized spacial score (nSPS) is 10.5. The fourth-order valence-corrected chi connectivity index (χ4v) is 1.69. The van der Waals surface area contributed by atoms with Gasteiger partial charge in [-0.3, -0.25) is 9.49 Å². The highest BCUT2D eigenvalue weighted by Crippen LogP contribution is 2.18. The number of H-pyrrole nitrogens is 1. The van der Waals surface area contributed by atoms with Crippen molar-refractivity contribution in [2.24, 2.45) is 0 Å². The van der Waals surface area contributed by atoms with Crippen molar-refractivity contribution in [2.75, 3.05) is 6.67 Å². The van der Waals surface area contributed by atoms with Gasteiger partial charge in [0.05, 0.1) is 12.4 Å². The number of carboxylic acid groups (broad SMARTS) is 1. The van der Waals surface area contributed by atoms with Crippen LogP contribution in [0.4, 0.5) is 4.39 Å². The molecule has 0 atom stereocenters. The number of aromatic amines is 1. The Balaban J connectivity index is 2.15. The number of carboxylic acids is 1. The number of aryl methyl sites for hydroxylation is 1. The van der Waals surface area contributed by atoms with E-state index in [1.54, 1.807) is 0 Å². The van der Waals surface area contributed by atoms with Gasteiger partial charge >= 0.3 is 5.97 Å². The van der Waals surface area contributed by atoms with Crippen LogP contribution in [0.2, 0.25) is 0 Å². The van der Waals surface area contributed by atoms with E-state index in [1.165, 1.54) is 6.07 Å². The first-order valence-corrected chi connectivity index (χ1v) is 5.64. The minimum absolute atomic E-state index is 0.0616. The Morgan fingerprint density at radius 1 is 1.33 bits per heavy atom. The molecule has 0 spiro atoms. The first-order chi connectivity index (χ1) is 8.70. The number of nitrogens with one attached hydrogen (secondary N) is 1. The van der Waals surface area contributed by atoms with Crippen molar-refractivity contribution in [3.05, 3.63) is 41.6 Å². The van der Waals surface area contributed by atoms with Crippen molar-refractivity contribution < 1.29 is 14.3 Å². The molecule has 0 radical (unpaired) electrons. The number of rotatable bonds is 5. The summed E-state index contributed by atoms with van der Waals surface area (Å²) in [6, 6.07) is 9.00. The quantitative estimate of drug-likeness (QED) is 0.854. The number of carbonyl (C=O) groups is 1. The fraction of sp³-hybridized carbons (Fsp3) is 0.231. The molecule has 0 aliphatic heterocycles. The number of aromatic carboxylic acids is 1. The Morgan fingerprint density at radius 3 is 2.61 bits per heavy atom. The van der Waals surface area contributed by atoms with Gasteiger partial charge in [-0.25, -0.2) is 4.79 Å². The molecule has 0 aliphatic carbocycles. The SMILES string of the molecule is O=C(O)c1cc(-c2ccc(CCCF)cc2)n[nH]1. The molecular formula is C13H13FN2O2. The predicted molar refractivity (Wildman–Crippen MR) is 65.3 cm³/mol. The third kappa shape index (κ3) is 2.74. The Kier molecular flexibility index (Phi) is 3.72. The highest BCUT2D eigenvalue weighted by Gasteiger charge is 2.08. The molecule has 0 bridgehead atoms. The first kappa shape index (κ1) is 12.3. The van der Waals surface area contributed by atoms with Crippen molar-refractivity contribution in [3.8, 4) is 11.3 Å². The van der Waals surface area contributed by atoms with E-state index in [4.69, 9.17) is 5.11 Å². The van der Waals surface area contributed by atoms with Gasteiger partial charge in [0, 0.05) is 5.56 Å². The fourth-order valence-electron chi connectivity index (χ4n) is 1.69. The number of hydrogen-bond acceptors (Lipinski definition) is 2. The van der Waals surface area contributed by atoms with E-state index in [2.05, 4.69) is 10.2 Å². The summed E-state index contributed by atoms with van der Waals surface area (Å²) < 4.78 is 12.0. The summed E-state index contributed by atoms with van der Waals surface area (Å²) in [4.78, 5) is 10.7. The zero-order valence-corrected chi connectivity index (χ0v) is 9.69. The topological polar surface area (TPSA) is 66.0 Å². The smallest absolute Gasteiger partial charge is 0.353 e. The van der Waals surface area contributed by atoms with Crippen LogP contribution in [0.15, 0.2) is 30.3 Å². The summed E-state index contributed by atoms with van der Waals surface area (Å²) >= 11 is 0. The van der Waals surface area contributed by atoms with E-state index in [1.807, 2.05) is 24.3 Å². The van der Waals surface area contributed by atoms with Gasteiger partial charge in [-0.05, 0) is 24.5 Å². The Morgan fingerprint density at radius 2 is 2.06 bits per heavy atom. The summed E-state index contributed by atoms with van der Waals surface area (Å²) in [7, 11) is 0. The number of halogens is 1. The van der Waals surface area contributed by atoms with Crippen molar-refractivity contribution >= 4 is 5.97 Å². The van der Waals surface area contributed by atoms with Crippen LogP contribution in [0, 0.1) is 0 Å². The highest BCUT2D eigenvalue weighted by atomic mass is 19.1. The van der Waals surface area contributed by atoms with Gasteiger partial charge in [0.1, 0.15) is 5.69 Å². The van der Waals surface area contributed by atoms with Gasteiger partial charge in [-0.15, -0.1) is 0 Å². The molecule has 5 heteroatoms. The molecule has 0 unspecified atom stereocenters. The molecule has 1 heterocycles. The van der Waals surface area contributed by atoms with Gasteiger partial charge < -0.3 is 5.11 Å². The number of benzene rings is 1. The maximum absolute atomic E-state index is 12.0. The summed E-state index contributed by atoms with van der Waals surface area (Å²) in [5.41, 5.74) is 2.55. The molecule has 0 aliphatic rings. The van der Waals surface area contributed by atoms with Gasteiger partial charge in [0.15, 0.2) is 0 Å². The van der Waals surface area contributed by atoms with Crippen LogP contribution in [-0.4, -0.2) is 27.9 Å². The van der Waals surface area contributed by atoms with E-state index >= 15 is 0 Å². The lowest BCUT2D eigenvalue weighted by molar-refractivity contribution is 0.0690. The molecule has 4 nitrogen and oxygen atoms in total. The third-order valence-corrected chi connectivity index (χ3v) is 2.66. The minimum Gasteiger partial charge on any atom is -0.477 e. The molecule has 2 aromatic rings. The standard InChI is InChI=1S/C13H13FN2O2/c14-7-1-2-9-3-5-10(6-4-9)11-8-12(13(17)18)16-15-11/h3-6,8H,1-2,7H2,(H,15,16)(H,17,18). The lowest BCUT2D eigenvalue weighted by Gasteiger charge is -2.00. The van der Waals surface area contributed by atoms with E-state index in [0.29, 0.717) is 18.5 Å². The molecular weight excluding hydrogens is 235 g/mol. The van der Waals surface area contributed by atoms with Crippen LogP contribution in [0.1, 0.15) is 22.5 Å². The van der Waals surface area contributed by atoms with Crippen LogP contribution in [-0.2, 0) is 6.42 Å². The van der Waals surface area contributed by atoms with E-state index < -0.39 is 5.97 Å². The van der Waals surface area contributed by atoms with E-state index in [-0.39, 0.29) is 12.4 Å². The summed E-state index contributed by atoms with van der Waals surface area (Å²) in [5.74, 6) is -1.03. The molecule has 1 aromatic carbocycles.